The van der Waals surface area contributed by atoms with Crippen LogP contribution in [-0.4, -0.2) is 36.0 Å². The van der Waals surface area contributed by atoms with Crippen molar-refractivity contribution in [3.8, 4) is 0 Å². The summed E-state index contributed by atoms with van der Waals surface area (Å²) in [6.07, 6.45) is 0. The Morgan fingerprint density at radius 3 is 2.60 bits per heavy atom. The molecule has 2 aromatic carbocycles. The van der Waals surface area contributed by atoms with Crippen LogP contribution in [0, 0.1) is 6.92 Å². The average molecular weight is 446 g/mol. The Kier molecular flexibility index (Phi) is 5.40. The SMILES string of the molecule is Cc1ccc(Cl)cc1NC(=O)CN1C(=O)NC(c2ccc(Cl)cc2)C2=C1COC2=O. The second-order valence-electron chi connectivity index (χ2n) is 6.96. The molecule has 0 spiro atoms. The van der Waals surface area contributed by atoms with E-state index >= 15 is 0 Å². The summed E-state index contributed by atoms with van der Waals surface area (Å²) in [4.78, 5) is 39.0. The number of hydrogen-bond acceptors (Lipinski definition) is 4. The molecule has 154 valence electrons. The van der Waals surface area contributed by atoms with Crippen LogP contribution in [0.15, 0.2) is 53.7 Å². The van der Waals surface area contributed by atoms with Crippen molar-refractivity contribution in [1.29, 1.82) is 0 Å². The molecule has 0 aromatic heterocycles. The zero-order valence-electron chi connectivity index (χ0n) is 15.9. The Morgan fingerprint density at radius 1 is 1.17 bits per heavy atom. The fraction of sp³-hybridized carbons (Fsp3) is 0.190. The number of carbonyl (C=O) groups excluding carboxylic acids is 3. The highest BCUT2D eigenvalue weighted by Crippen LogP contribution is 2.35. The lowest BCUT2D eigenvalue weighted by Gasteiger charge is -2.32. The predicted molar refractivity (Wildman–Crippen MR) is 112 cm³/mol. The maximum atomic E-state index is 12.8. The van der Waals surface area contributed by atoms with E-state index in [1.54, 1.807) is 42.5 Å². The van der Waals surface area contributed by atoms with Crippen molar-refractivity contribution < 1.29 is 19.1 Å². The lowest BCUT2D eigenvalue weighted by Crippen LogP contribution is -2.49. The monoisotopic (exact) mass is 445 g/mol. The van der Waals surface area contributed by atoms with E-state index in [0.717, 1.165) is 5.56 Å². The lowest BCUT2D eigenvalue weighted by molar-refractivity contribution is -0.136. The normalized spacial score (nSPS) is 18.1. The van der Waals surface area contributed by atoms with Crippen molar-refractivity contribution in [2.24, 2.45) is 0 Å². The van der Waals surface area contributed by atoms with Gasteiger partial charge in [0.1, 0.15) is 13.2 Å². The maximum Gasteiger partial charge on any atom is 0.338 e. The molecule has 0 saturated carbocycles. The van der Waals surface area contributed by atoms with Crippen LogP contribution in [0.2, 0.25) is 10.0 Å². The highest BCUT2D eigenvalue weighted by Gasteiger charge is 2.42. The molecule has 0 saturated heterocycles. The van der Waals surface area contributed by atoms with E-state index in [9.17, 15) is 14.4 Å². The van der Waals surface area contributed by atoms with Crippen molar-refractivity contribution in [3.63, 3.8) is 0 Å². The van der Waals surface area contributed by atoms with Gasteiger partial charge in [0, 0.05) is 15.7 Å². The molecule has 2 heterocycles. The van der Waals surface area contributed by atoms with Crippen LogP contribution in [0.5, 0.6) is 0 Å². The largest absolute Gasteiger partial charge is 0.456 e. The first-order valence-electron chi connectivity index (χ1n) is 9.13. The van der Waals surface area contributed by atoms with Gasteiger partial charge < -0.3 is 15.4 Å². The zero-order chi connectivity index (χ0) is 21.4. The van der Waals surface area contributed by atoms with Crippen LogP contribution in [-0.2, 0) is 14.3 Å². The van der Waals surface area contributed by atoms with Crippen LogP contribution in [0.4, 0.5) is 10.5 Å². The number of esters is 1. The second-order valence-corrected chi connectivity index (χ2v) is 7.84. The minimum atomic E-state index is -0.672. The molecule has 2 aliphatic rings. The summed E-state index contributed by atoms with van der Waals surface area (Å²) in [6, 6.07) is 10.8. The van der Waals surface area contributed by atoms with E-state index in [0.29, 0.717) is 32.6 Å². The molecule has 0 aliphatic carbocycles. The van der Waals surface area contributed by atoms with Crippen molar-refractivity contribution >= 4 is 46.8 Å². The third-order valence-corrected chi connectivity index (χ3v) is 5.46. The summed E-state index contributed by atoms with van der Waals surface area (Å²) in [5.41, 5.74) is 2.76. The number of hydrogen-bond donors (Lipinski definition) is 2. The van der Waals surface area contributed by atoms with Gasteiger partial charge in [-0.25, -0.2) is 9.59 Å². The van der Waals surface area contributed by atoms with Crippen LogP contribution < -0.4 is 10.6 Å². The number of carbonyl (C=O) groups is 3. The maximum absolute atomic E-state index is 12.8. The number of amides is 3. The lowest BCUT2D eigenvalue weighted by atomic mass is 9.96. The first-order valence-corrected chi connectivity index (χ1v) is 9.89. The summed E-state index contributed by atoms with van der Waals surface area (Å²) >= 11 is 11.9. The van der Waals surface area contributed by atoms with Crippen molar-refractivity contribution in [1.82, 2.24) is 10.2 Å². The van der Waals surface area contributed by atoms with E-state index in [2.05, 4.69) is 10.6 Å². The zero-order valence-corrected chi connectivity index (χ0v) is 17.4. The summed E-state index contributed by atoms with van der Waals surface area (Å²) in [5.74, 6) is -0.951. The molecule has 7 nitrogen and oxygen atoms in total. The molecule has 3 amide bonds. The Hall–Kier alpha value is -3.03. The summed E-state index contributed by atoms with van der Waals surface area (Å²) in [5, 5.41) is 6.55. The van der Waals surface area contributed by atoms with Gasteiger partial charge in [0.2, 0.25) is 5.91 Å². The Bertz CT molecular complexity index is 1080. The molecule has 1 atom stereocenters. The van der Waals surface area contributed by atoms with E-state index in [1.807, 2.05) is 6.92 Å². The molecule has 9 heteroatoms. The second kappa shape index (κ2) is 8.01. The van der Waals surface area contributed by atoms with Gasteiger partial charge in [-0.05, 0) is 42.3 Å². The van der Waals surface area contributed by atoms with Crippen LogP contribution in [0.3, 0.4) is 0 Å². The van der Waals surface area contributed by atoms with Gasteiger partial charge in [0.05, 0.1) is 17.3 Å². The van der Waals surface area contributed by atoms with Crippen molar-refractivity contribution in [2.75, 3.05) is 18.5 Å². The Balaban J connectivity index is 1.59. The van der Waals surface area contributed by atoms with E-state index < -0.39 is 23.9 Å². The third-order valence-electron chi connectivity index (χ3n) is 4.98. The van der Waals surface area contributed by atoms with Crippen LogP contribution in [0.25, 0.3) is 0 Å². The summed E-state index contributed by atoms with van der Waals surface area (Å²) in [7, 11) is 0. The first kappa shape index (κ1) is 20.3. The van der Waals surface area contributed by atoms with Gasteiger partial charge in [-0.15, -0.1) is 0 Å². The third kappa shape index (κ3) is 3.86. The Morgan fingerprint density at radius 2 is 1.87 bits per heavy atom. The minimum absolute atomic E-state index is 0.0743. The number of halogens is 2. The van der Waals surface area contributed by atoms with Gasteiger partial charge in [-0.1, -0.05) is 41.4 Å². The number of anilines is 1. The van der Waals surface area contributed by atoms with Gasteiger partial charge in [-0.3, -0.25) is 9.69 Å². The topological polar surface area (TPSA) is 87.7 Å². The van der Waals surface area contributed by atoms with Crippen LogP contribution >= 0.6 is 23.2 Å². The summed E-state index contributed by atoms with van der Waals surface area (Å²) in [6.45, 7) is 1.48. The standard InChI is InChI=1S/C21H17Cl2N3O4/c1-11-2-5-14(23)8-15(11)24-17(27)9-26-16-10-30-20(28)18(16)19(25-21(26)29)12-3-6-13(22)7-4-12/h2-8,19H,9-10H2,1H3,(H,24,27)(H,25,29). The summed E-state index contributed by atoms with van der Waals surface area (Å²) < 4.78 is 5.17. The molecule has 0 bridgehead atoms. The molecular weight excluding hydrogens is 429 g/mol. The highest BCUT2D eigenvalue weighted by molar-refractivity contribution is 6.31. The van der Waals surface area contributed by atoms with Gasteiger partial charge >= 0.3 is 12.0 Å². The van der Waals surface area contributed by atoms with E-state index in [4.69, 9.17) is 27.9 Å². The minimum Gasteiger partial charge on any atom is -0.456 e. The van der Waals surface area contributed by atoms with E-state index in [-0.39, 0.29) is 13.2 Å². The fourth-order valence-electron chi connectivity index (χ4n) is 3.45. The molecular formula is C21H17Cl2N3O4. The number of urea groups is 1. The van der Waals surface area contributed by atoms with Crippen LogP contribution in [0.1, 0.15) is 17.2 Å². The van der Waals surface area contributed by atoms with Crippen molar-refractivity contribution in [3.05, 3.63) is 74.9 Å². The molecule has 2 aromatic rings. The molecule has 0 radical (unpaired) electrons. The molecule has 2 N–H and O–H groups in total. The number of benzene rings is 2. The average Bonchev–Trinajstić information content (AvgIpc) is 3.09. The molecule has 2 aliphatic heterocycles. The van der Waals surface area contributed by atoms with Gasteiger partial charge in [0.15, 0.2) is 0 Å². The molecule has 1 unspecified atom stereocenters. The number of rotatable bonds is 4. The van der Waals surface area contributed by atoms with Gasteiger partial charge in [0.25, 0.3) is 0 Å². The molecule has 0 fully saturated rings. The quantitative estimate of drug-likeness (QED) is 0.700. The fourth-order valence-corrected chi connectivity index (χ4v) is 3.74. The predicted octanol–water partition coefficient (Wildman–Crippen LogP) is 3.82. The number of nitrogens with one attached hydrogen (secondary N) is 2. The Labute approximate surface area is 182 Å². The molecule has 4 rings (SSSR count). The number of aryl methyl sites for hydroxylation is 1. The first-order chi connectivity index (χ1) is 14.3. The highest BCUT2D eigenvalue weighted by atomic mass is 35.5. The van der Waals surface area contributed by atoms with E-state index in [1.165, 1.54) is 4.90 Å². The smallest absolute Gasteiger partial charge is 0.338 e. The number of nitrogens with zero attached hydrogens (tertiary/aromatic N) is 1. The number of cyclic esters (lactones) is 1. The number of ether oxygens (including phenoxy) is 1. The van der Waals surface area contributed by atoms with Gasteiger partial charge in [-0.2, -0.15) is 0 Å². The molecule has 30 heavy (non-hydrogen) atoms. The van der Waals surface area contributed by atoms with Crippen molar-refractivity contribution in [2.45, 2.75) is 13.0 Å².